The molecule has 3 heterocycles. The number of piperazine rings is 1. The van der Waals surface area contributed by atoms with Crippen LogP contribution in [-0.4, -0.2) is 48.3 Å². The molecule has 4 rings (SSSR count). The van der Waals surface area contributed by atoms with Crippen LogP contribution in [0.5, 0.6) is 0 Å². The predicted octanol–water partition coefficient (Wildman–Crippen LogP) is 2.16. The Hall–Kier alpha value is -2.19. The maximum Gasteiger partial charge on any atom is 0.249 e. The molecule has 8 heteroatoms. The molecule has 1 fully saturated rings. The lowest BCUT2D eigenvalue weighted by Gasteiger charge is -2.49. The minimum atomic E-state index is -3.87. The van der Waals surface area contributed by atoms with Crippen molar-refractivity contribution in [3.63, 3.8) is 0 Å². The van der Waals surface area contributed by atoms with Crippen LogP contribution in [-0.2, 0) is 20.2 Å². The van der Waals surface area contributed by atoms with Crippen LogP contribution in [0.15, 0.2) is 33.7 Å². The molecule has 27 heavy (non-hydrogen) atoms. The van der Waals surface area contributed by atoms with Crippen LogP contribution in [0.3, 0.4) is 0 Å². The number of benzene rings is 1. The van der Waals surface area contributed by atoms with Gasteiger partial charge in [-0.25, -0.2) is 8.42 Å². The maximum absolute atomic E-state index is 13.2. The standard InChI is InChI=1S/C19H23N3O4S/c1-12-18(13(2)26-20-12)27(24,25)21-9-16-14-7-5-6-8-15(14)19(3,4)11-22(16)17(23)10-21/h5-8,16H,9-11H2,1-4H3. The van der Waals surface area contributed by atoms with Gasteiger partial charge in [0.05, 0.1) is 12.6 Å². The van der Waals surface area contributed by atoms with E-state index in [1.807, 2.05) is 23.1 Å². The highest BCUT2D eigenvalue weighted by molar-refractivity contribution is 7.89. The Balaban J connectivity index is 1.77. The van der Waals surface area contributed by atoms with Crippen molar-refractivity contribution < 1.29 is 17.7 Å². The topological polar surface area (TPSA) is 83.7 Å². The Morgan fingerprint density at radius 3 is 2.59 bits per heavy atom. The van der Waals surface area contributed by atoms with E-state index < -0.39 is 10.0 Å². The third-order valence-corrected chi connectivity index (χ3v) is 7.62. The third-order valence-electron chi connectivity index (χ3n) is 5.57. The van der Waals surface area contributed by atoms with Crippen LogP contribution in [0, 0.1) is 13.8 Å². The first-order valence-corrected chi connectivity index (χ1v) is 10.4. The van der Waals surface area contributed by atoms with E-state index in [0.29, 0.717) is 12.2 Å². The van der Waals surface area contributed by atoms with Crippen LogP contribution in [0.1, 0.15) is 42.5 Å². The summed E-state index contributed by atoms with van der Waals surface area (Å²) in [7, 11) is -3.87. The molecule has 1 aromatic carbocycles. The van der Waals surface area contributed by atoms with Gasteiger partial charge < -0.3 is 9.42 Å². The molecule has 0 bridgehead atoms. The summed E-state index contributed by atoms with van der Waals surface area (Å²) in [6.45, 7) is 8.03. The van der Waals surface area contributed by atoms with Crippen LogP contribution in [0.25, 0.3) is 0 Å². The highest BCUT2D eigenvalue weighted by Crippen LogP contribution is 2.42. The summed E-state index contributed by atoms with van der Waals surface area (Å²) in [5.74, 6) is 0.0664. The largest absolute Gasteiger partial charge is 0.360 e. The van der Waals surface area contributed by atoms with Gasteiger partial charge in [-0.15, -0.1) is 0 Å². The Labute approximate surface area is 159 Å². The van der Waals surface area contributed by atoms with E-state index >= 15 is 0 Å². The average Bonchev–Trinajstić information content (AvgIpc) is 2.95. The molecule has 1 aromatic heterocycles. The number of nitrogens with zero attached hydrogens (tertiary/aromatic N) is 3. The molecular weight excluding hydrogens is 366 g/mol. The van der Waals surface area contributed by atoms with Gasteiger partial charge in [-0.3, -0.25) is 4.79 Å². The molecule has 2 aromatic rings. The summed E-state index contributed by atoms with van der Waals surface area (Å²) >= 11 is 0. The van der Waals surface area contributed by atoms with Crippen molar-refractivity contribution in [2.75, 3.05) is 19.6 Å². The van der Waals surface area contributed by atoms with Gasteiger partial charge in [0.1, 0.15) is 10.6 Å². The van der Waals surface area contributed by atoms with Crippen LogP contribution >= 0.6 is 0 Å². The fourth-order valence-electron chi connectivity index (χ4n) is 4.31. The number of hydrogen-bond acceptors (Lipinski definition) is 5. The van der Waals surface area contributed by atoms with Gasteiger partial charge in [-0.2, -0.15) is 4.31 Å². The lowest BCUT2D eigenvalue weighted by Crippen LogP contribution is -2.58. The predicted molar refractivity (Wildman–Crippen MR) is 98.7 cm³/mol. The van der Waals surface area contributed by atoms with Crippen LogP contribution < -0.4 is 0 Å². The fraction of sp³-hybridized carbons (Fsp3) is 0.474. The van der Waals surface area contributed by atoms with Crippen molar-refractivity contribution in [2.24, 2.45) is 0 Å². The smallest absolute Gasteiger partial charge is 0.249 e. The van der Waals surface area contributed by atoms with E-state index in [1.165, 1.54) is 4.31 Å². The zero-order valence-electron chi connectivity index (χ0n) is 15.9. The third kappa shape index (κ3) is 2.70. The summed E-state index contributed by atoms with van der Waals surface area (Å²) in [6, 6.07) is 7.70. The number of aryl methyl sites for hydroxylation is 2. The molecule has 7 nitrogen and oxygen atoms in total. The summed E-state index contributed by atoms with van der Waals surface area (Å²) in [4.78, 5) is 14.8. The van der Waals surface area contributed by atoms with Crippen molar-refractivity contribution in [1.82, 2.24) is 14.4 Å². The molecular formula is C19H23N3O4S. The van der Waals surface area contributed by atoms with Gasteiger partial charge in [0.15, 0.2) is 5.76 Å². The molecule has 0 saturated carbocycles. The zero-order valence-corrected chi connectivity index (χ0v) is 16.7. The Morgan fingerprint density at radius 2 is 1.93 bits per heavy atom. The van der Waals surface area contributed by atoms with Crippen LogP contribution in [0.2, 0.25) is 0 Å². The van der Waals surface area contributed by atoms with Gasteiger partial charge in [-0.05, 0) is 25.0 Å². The van der Waals surface area contributed by atoms with Crippen molar-refractivity contribution in [2.45, 2.75) is 44.0 Å². The molecule has 1 unspecified atom stereocenters. The van der Waals surface area contributed by atoms with E-state index in [4.69, 9.17) is 4.52 Å². The van der Waals surface area contributed by atoms with Crippen molar-refractivity contribution in [1.29, 1.82) is 0 Å². The molecule has 144 valence electrons. The number of carbonyl (C=O) groups is 1. The van der Waals surface area contributed by atoms with Crippen LogP contribution in [0.4, 0.5) is 0 Å². The van der Waals surface area contributed by atoms with E-state index in [-0.39, 0.29) is 41.1 Å². The Morgan fingerprint density at radius 1 is 1.22 bits per heavy atom. The molecule has 1 atom stereocenters. The first kappa shape index (κ1) is 18.2. The maximum atomic E-state index is 13.2. The monoisotopic (exact) mass is 389 g/mol. The van der Waals surface area contributed by atoms with Crippen molar-refractivity contribution in [3.05, 3.63) is 46.8 Å². The highest BCUT2D eigenvalue weighted by atomic mass is 32.2. The van der Waals surface area contributed by atoms with E-state index in [2.05, 4.69) is 25.1 Å². The Bertz CT molecular complexity index is 1010. The molecule has 1 saturated heterocycles. The molecule has 0 aliphatic carbocycles. The SMILES string of the molecule is Cc1noc(C)c1S(=O)(=O)N1CC(=O)N2CC(C)(C)c3ccccc3C2C1. The Kier molecular flexibility index (Phi) is 3.98. The van der Waals surface area contributed by atoms with Gasteiger partial charge >= 0.3 is 0 Å². The first-order chi connectivity index (χ1) is 12.6. The van der Waals surface area contributed by atoms with Gasteiger partial charge in [0.2, 0.25) is 15.9 Å². The van der Waals surface area contributed by atoms with Crippen molar-refractivity contribution >= 4 is 15.9 Å². The lowest BCUT2D eigenvalue weighted by atomic mass is 9.75. The van der Waals surface area contributed by atoms with Gasteiger partial charge in [0.25, 0.3) is 0 Å². The summed E-state index contributed by atoms with van der Waals surface area (Å²) < 4.78 is 32.7. The first-order valence-electron chi connectivity index (χ1n) is 8.95. The quantitative estimate of drug-likeness (QED) is 0.786. The normalized spacial score (nSPS) is 22.4. The van der Waals surface area contributed by atoms with E-state index in [1.54, 1.807) is 13.8 Å². The molecule has 2 aliphatic heterocycles. The second kappa shape index (κ2) is 5.90. The highest BCUT2D eigenvalue weighted by Gasteiger charge is 2.46. The second-order valence-electron chi connectivity index (χ2n) is 7.96. The number of carbonyl (C=O) groups excluding carboxylic acids is 1. The molecule has 1 amide bonds. The van der Waals surface area contributed by atoms with Crippen molar-refractivity contribution in [3.8, 4) is 0 Å². The minimum Gasteiger partial charge on any atom is -0.360 e. The fourth-order valence-corrected chi connectivity index (χ4v) is 5.99. The number of sulfonamides is 1. The van der Waals surface area contributed by atoms with E-state index in [0.717, 1.165) is 11.1 Å². The minimum absolute atomic E-state index is 0.0631. The number of hydrogen-bond donors (Lipinski definition) is 0. The lowest BCUT2D eigenvalue weighted by molar-refractivity contribution is -0.139. The van der Waals surface area contributed by atoms with E-state index in [9.17, 15) is 13.2 Å². The number of amides is 1. The zero-order chi connectivity index (χ0) is 19.6. The van der Waals surface area contributed by atoms with Gasteiger partial charge in [0, 0.05) is 18.5 Å². The summed E-state index contributed by atoms with van der Waals surface area (Å²) in [5, 5.41) is 3.76. The summed E-state index contributed by atoms with van der Waals surface area (Å²) in [5.41, 5.74) is 2.31. The number of aromatic nitrogens is 1. The number of fused-ring (bicyclic) bond motifs is 3. The second-order valence-corrected chi connectivity index (χ2v) is 9.83. The van der Waals surface area contributed by atoms with Gasteiger partial charge in [-0.1, -0.05) is 43.3 Å². The summed E-state index contributed by atoms with van der Waals surface area (Å²) in [6.07, 6.45) is 0. The molecule has 0 spiro atoms. The average molecular weight is 389 g/mol. The molecule has 0 N–H and O–H groups in total. The molecule has 0 radical (unpaired) electrons. The molecule has 2 aliphatic rings. The number of rotatable bonds is 2.